The number of hydrogen-bond acceptors (Lipinski definition) is 6. The number of rotatable bonds is 6. The molecule has 0 spiro atoms. The molecule has 1 aromatic carbocycles. The number of carbonyl (C=O) groups excluding carboxylic acids is 2. The second-order valence-electron chi connectivity index (χ2n) is 7.30. The van der Waals surface area contributed by atoms with Crippen molar-refractivity contribution in [1.82, 2.24) is 9.46 Å². The molecule has 162 valence electrons. The summed E-state index contributed by atoms with van der Waals surface area (Å²) in [4.78, 5) is 24.1. The lowest BCUT2D eigenvalue weighted by atomic mass is 9.97. The molecular weight excluding hydrogens is 408 g/mol. The quantitative estimate of drug-likeness (QED) is 0.721. The summed E-state index contributed by atoms with van der Waals surface area (Å²) in [5.74, 6) is -0.230. The highest BCUT2D eigenvalue weighted by Crippen LogP contribution is 2.28. The van der Waals surface area contributed by atoms with Crippen molar-refractivity contribution >= 4 is 33.2 Å². The fourth-order valence-electron chi connectivity index (χ4n) is 3.46. The van der Waals surface area contributed by atoms with Gasteiger partial charge in [-0.15, -0.1) is 0 Å². The smallest absolute Gasteiger partial charge is 0.248 e. The van der Waals surface area contributed by atoms with E-state index in [0.717, 1.165) is 0 Å². The number of benzene rings is 1. The second-order valence-corrected chi connectivity index (χ2v) is 9.17. The van der Waals surface area contributed by atoms with Crippen LogP contribution < -0.4 is 10.6 Å². The van der Waals surface area contributed by atoms with Crippen molar-refractivity contribution < 1.29 is 22.5 Å². The summed E-state index contributed by atoms with van der Waals surface area (Å²) in [7, 11) is -3.69. The van der Waals surface area contributed by atoms with Crippen molar-refractivity contribution in [2.45, 2.75) is 44.9 Å². The minimum absolute atomic E-state index is 0.0786. The SMILES string of the molecule is CCC(=O)Nc1ccc(NC(=O)C2CCN(S(=O)(=O)c3c(C)noc3C)CC2)cc1. The molecule has 30 heavy (non-hydrogen) atoms. The van der Waals surface area contributed by atoms with Gasteiger partial charge in [0.25, 0.3) is 0 Å². The number of hydrogen-bond donors (Lipinski definition) is 2. The Balaban J connectivity index is 1.57. The van der Waals surface area contributed by atoms with Crippen LogP contribution in [0.1, 0.15) is 37.6 Å². The molecule has 0 saturated carbocycles. The van der Waals surface area contributed by atoms with Gasteiger partial charge in [0.2, 0.25) is 21.8 Å². The lowest BCUT2D eigenvalue weighted by Gasteiger charge is -2.30. The lowest BCUT2D eigenvalue weighted by molar-refractivity contribution is -0.121. The Labute approximate surface area is 175 Å². The summed E-state index contributed by atoms with van der Waals surface area (Å²) in [6.07, 6.45) is 1.25. The first-order valence-corrected chi connectivity index (χ1v) is 11.3. The van der Waals surface area contributed by atoms with Crippen LogP contribution in [0, 0.1) is 19.8 Å². The maximum absolute atomic E-state index is 12.9. The van der Waals surface area contributed by atoms with E-state index in [1.807, 2.05) is 0 Å². The van der Waals surface area contributed by atoms with Gasteiger partial charge in [0, 0.05) is 36.8 Å². The molecule has 3 rings (SSSR count). The van der Waals surface area contributed by atoms with E-state index in [2.05, 4.69) is 15.8 Å². The predicted octanol–water partition coefficient (Wildman–Crippen LogP) is 2.68. The molecule has 2 N–H and O–H groups in total. The van der Waals surface area contributed by atoms with Crippen LogP contribution in [0.3, 0.4) is 0 Å². The Hall–Kier alpha value is -2.72. The maximum Gasteiger partial charge on any atom is 0.248 e. The van der Waals surface area contributed by atoms with Crippen molar-refractivity contribution in [3.63, 3.8) is 0 Å². The fraction of sp³-hybridized carbons (Fsp3) is 0.450. The van der Waals surface area contributed by atoms with E-state index in [1.54, 1.807) is 45.0 Å². The molecule has 0 bridgehead atoms. The molecule has 1 aliphatic heterocycles. The van der Waals surface area contributed by atoms with Gasteiger partial charge in [-0.1, -0.05) is 12.1 Å². The highest BCUT2D eigenvalue weighted by Gasteiger charge is 2.35. The van der Waals surface area contributed by atoms with Crippen LogP contribution in [0.15, 0.2) is 33.7 Å². The molecule has 0 aliphatic carbocycles. The van der Waals surface area contributed by atoms with Crippen LogP contribution in [0.4, 0.5) is 11.4 Å². The minimum Gasteiger partial charge on any atom is -0.360 e. The first-order chi connectivity index (χ1) is 14.2. The van der Waals surface area contributed by atoms with E-state index in [9.17, 15) is 18.0 Å². The zero-order valence-electron chi connectivity index (χ0n) is 17.3. The van der Waals surface area contributed by atoms with Crippen molar-refractivity contribution in [2.24, 2.45) is 5.92 Å². The molecule has 1 aromatic heterocycles. The van der Waals surface area contributed by atoms with Gasteiger partial charge in [0.1, 0.15) is 10.6 Å². The summed E-state index contributed by atoms with van der Waals surface area (Å²) in [5.41, 5.74) is 1.63. The van der Waals surface area contributed by atoms with E-state index in [0.29, 0.717) is 36.3 Å². The third kappa shape index (κ3) is 4.71. The lowest BCUT2D eigenvalue weighted by Crippen LogP contribution is -2.41. The number of nitrogens with zero attached hydrogens (tertiary/aromatic N) is 2. The average molecular weight is 435 g/mol. The molecule has 9 nitrogen and oxygen atoms in total. The number of aryl methyl sites for hydroxylation is 2. The molecule has 2 aromatic rings. The number of piperidine rings is 1. The zero-order chi connectivity index (χ0) is 21.9. The summed E-state index contributed by atoms with van der Waals surface area (Å²) >= 11 is 0. The Morgan fingerprint density at radius 2 is 1.67 bits per heavy atom. The Morgan fingerprint density at radius 1 is 1.10 bits per heavy atom. The van der Waals surface area contributed by atoms with Crippen LogP contribution in [0.25, 0.3) is 0 Å². The van der Waals surface area contributed by atoms with Crippen LogP contribution in [0.5, 0.6) is 0 Å². The van der Waals surface area contributed by atoms with Crippen LogP contribution >= 0.6 is 0 Å². The standard InChI is InChI=1S/C20H26N4O5S/c1-4-18(25)21-16-5-7-17(8-6-16)22-20(26)15-9-11-24(12-10-15)30(27,28)19-13(2)23-29-14(19)3/h5-8,15H,4,9-12H2,1-3H3,(H,21,25)(H,22,26). The van der Waals surface area contributed by atoms with Gasteiger partial charge in [-0.2, -0.15) is 4.31 Å². The normalized spacial score (nSPS) is 15.7. The summed E-state index contributed by atoms with van der Waals surface area (Å²) < 4.78 is 32.1. The van der Waals surface area contributed by atoms with Crippen LogP contribution in [0.2, 0.25) is 0 Å². The third-order valence-corrected chi connectivity index (χ3v) is 7.29. The molecule has 1 saturated heterocycles. The predicted molar refractivity (Wildman–Crippen MR) is 111 cm³/mol. The van der Waals surface area contributed by atoms with Gasteiger partial charge >= 0.3 is 0 Å². The summed E-state index contributed by atoms with van der Waals surface area (Å²) in [6.45, 7) is 5.46. The van der Waals surface area contributed by atoms with Gasteiger partial charge in [-0.05, 0) is 51.0 Å². The molecule has 1 aliphatic rings. The molecule has 1 fully saturated rings. The Kier molecular flexibility index (Phi) is 6.57. The van der Waals surface area contributed by atoms with Gasteiger partial charge in [0.05, 0.1) is 0 Å². The summed E-state index contributed by atoms with van der Waals surface area (Å²) in [5, 5.41) is 9.34. The van der Waals surface area contributed by atoms with E-state index < -0.39 is 10.0 Å². The average Bonchev–Trinajstić information content (AvgIpc) is 3.08. The topological polar surface area (TPSA) is 122 Å². The Bertz CT molecular complexity index is 1000. The van der Waals surface area contributed by atoms with Gasteiger partial charge in [-0.3, -0.25) is 9.59 Å². The molecule has 10 heteroatoms. The molecule has 2 amide bonds. The Morgan fingerprint density at radius 3 is 2.17 bits per heavy atom. The van der Waals surface area contributed by atoms with E-state index >= 15 is 0 Å². The highest BCUT2D eigenvalue weighted by atomic mass is 32.2. The second kappa shape index (κ2) is 8.97. The van der Waals surface area contributed by atoms with Crippen molar-refractivity contribution in [3.05, 3.63) is 35.7 Å². The van der Waals surface area contributed by atoms with Gasteiger partial charge < -0.3 is 15.2 Å². The van der Waals surface area contributed by atoms with Crippen molar-refractivity contribution in [1.29, 1.82) is 0 Å². The van der Waals surface area contributed by atoms with E-state index in [-0.39, 0.29) is 41.5 Å². The third-order valence-electron chi connectivity index (χ3n) is 5.15. The van der Waals surface area contributed by atoms with E-state index in [1.165, 1.54) is 4.31 Å². The number of amides is 2. The molecular formula is C20H26N4O5S. The minimum atomic E-state index is -3.69. The van der Waals surface area contributed by atoms with Gasteiger partial charge in [0.15, 0.2) is 5.76 Å². The zero-order valence-corrected chi connectivity index (χ0v) is 18.1. The van der Waals surface area contributed by atoms with Gasteiger partial charge in [-0.25, -0.2) is 8.42 Å². The van der Waals surface area contributed by atoms with E-state index in [4.69, 9.17) is 4.52 Å². The maximum atomic E-state index is 12.9. The number of anilines is 2. The fourth-order valence-corrected chi connectivity index (χ4v) is 5.22. The molecule has 2 heterocycles. The van der Waals surface area contributed by atoms with Crippen LogP contribution in [-0.2, 0) is 19.6 Å². The highest BCUT2D eigenvalue weighted by molar-refractivity contribution is 7.89. The molecule has 0 radical (unpaired) electrons. The first kappa shape index (κ1) is 22.0. The number of sulfonamides is 1. The van der Waals surface area contributed by atoms with Crippen molar-refractivity contribution in [2.75, 3.05) is 23.7 Å². The number of carbonyl (C=O) groups is 2. The largest absolute Gasteiger partial charge is 0.360 e. The summed E-state index contributed by atoms with van der Waals surface area (Å²) in [6, 6.07) is 6.89. The molecule has 0 unspecified atom stereocenters. The van der Waals surface area contributed by atoms with Crippen LogP contribution in [-0.4, -0.2) is 42.8 Å². The van der Waals surface area contributed by atoms with Crippen molar-refractivity contribution in [3.8, 4) is 0 Å². The number of nitrogens with one attached hydrogen (secondary N) is 2. The molecule has 0 atom stereocenters. The monoisotopic (exact) mass is 434 g/mol. The number of aromatic nitrogens is 1. The first-order valence-electron chi connectivity index (χ1n) is 9.86.